The summed E-state index contributed by atoms with van der Waals surface area (Å²) in [5.41, 5.74) is -4.28. The Morgan fingerprint density at radius 1 is 0.849 bits per heavy atom. The molecule has 0 unspecified atom stereocenters. The molecular weight excluding hydrogens is 694 g/mol. The molecule has 4 aliphatic rings. The van der Waals surface area contributed by atoms with Crippen LogP contribution in [-0.4, -0.2) is 144 Å². The van der Waals surface area contributed by atoms with Crippen molar-refractivity contribution >= 4 is 17.8 Å². The largest absolute Gasteiger partial charge is 0.459 e. The summed E-state index contributed by atoms with van der Waals surface area (Å²) in [5.74, 6) is -4.55. The normalized spacial score (nSPS) is 49.2. The molecule has 15 nitrogen and oxygen atoms in total. The fraction of sp³-hybridized carbons (Fsp3) is 0.921. The van der Waals surface area contributed by atoms with Crippen molar-refractivity contribution in [1.29, 1.82) is 0 Å². The highest BCUT2D eigenvalue weighted by Gasteiger charge is 2.56. The summed E-state index contributed by atoms with van der Waals surface area (Å²) in [7, 11) is 4.67. The maximum Gasteiger partial charge on any atom is 0.410 e. The molecule has 0 aromatic rings. The van der Waals surface area contributed by atoms with E-state index in [4.69, 9.17) is 37.9 Å². The van der Waals surface area contributed by atoms with E-state index in [0.29, 0.717) is 6.42 Å². The van der Waals surface area contributed by atoms with E-state index in [2.05, 4.69) is 0 Å². The van der Waals surface area contributed by atoms with Crippen molar-refractivity contribution in [2.45, 2.75) is 179 Å². The van der Waals surface area contributed by atoms with Crippen molar-refractivity contribution in [2.75, 3.05) is 21.3 Å². The molecule has 0 bridgehead atoms. The molecule has 1 amide bonds. The standard InChI is InChI=1S/C38H65NO14/c1-14-25-38(10,45)30(41)20(4)27(40)18(2)16-37(9,47-13)32(53-34-29-24(15-19(3)48-34)39(11)35(44)52-29)21(5)28(22(6)33(43)50-25)51-26-17-36(8,46-12)31(42)23(7)49-26/h18-26,28-32,34,41-42,45H,14-17H2,1-13H3/t18-,19-,20+,21+,22-,23+,24+,25-,26+,28+,29-,30-,31+,32-,34+,36-,37-,38-/m1/s1. The van der Waals surface area contributed by atoms with Gasteiger partial charge in [-0.05, 0) is 60.8 Å². The van der Waals surface area contributed by atoms with Crippen molar-refractivity contribution in [3.05, 3.63) is 0 Å². The number of methoxy groups -OCH3 is 2. The first kappa shape index (κ1) is 43.8. The molecule has 4 rings (SSSR count). The van der Waals surface area contributed by atoms with Gasteiger partial charge in [0.25, 0.3) is 0 Å². The molecule has 0 aromatic heterocycles. The highest BCUT2D eigenvalue weighted by molar-refractivity contribution is 5.83. The number of carbonyl (C=O) groups excluding carboxylic acids is 3. The van der Waals surface area contributed by atoms with Crippen LogP contribution in [0, 0.1) is 23.7 Å². The second kappa shape index (κ2) is 16.6. The summed E-state index contributed by atoms with van der Waals surface area (Å²) in [6.07, 6.45) is -9.11. The number of hydrogen-bond acceptors (Lipinski definition) is 14. The average Bonchev–Trinajstić information content (AvgIpc) is 3.40. The van der Waals surface area contributed by atoms with E-state index in [1.807, 2.05) is 13.8 Å². The van der Waals surface area contributed by atoms with Crippen LogP contribution in [0.2, 0.25) is 0 Å². The van der Waals surface area contributed by atoms with Crippen LogP contribution in [0.25, 0.3) is 0 Å². The first-order chi connectivity index (χ1) is 24.6. The summed E-state index contributed by atoms with van der Waals surface area (Å²) in [6.45, 7) is 17.0. The Labute approximate surface area is 314 Å². The molecule has 0 aliphatic carbocycles. The van der Waals surface area contributed by atoms with E-state index in [9.17, 15) is 29.7 Å². The summed E-state index contributed by atoms with van der Waals surface area (Å²) in [5, 5.41) is 34.0. The highest BCUT2D eigenvalue weighted by atomic mass is 16.7. The number of hydrogen-bond donors (Lipinski definition) is 3. The van der Waals surface area contributed by atoms with Gasteiger partial charge in [-0.25, -0.2) is 4.79 Å². The average molecular weight is 760 g/mol. The molecule has 306 valence electrons. The zero-order chi connectivity index (χ0) is 40.0. The molecule has 4 aliphatic heterocycles. The third-order valence-corrected chi connectivity index (χ3v) is 12.6. The fourth-order valence-corrected chi connectivity index (χ4v) is 8.90. The second-order valence-corrected chi connectivity index (χ2v) is 16.6. The maximum atomic E-state index is 14.2. The van der Waals surface area contributed by atoms with Gasteiger partial charge >= 0.3 is 12.1 Å². The van der Waals surface area contributed by atoms with Gasteiger partial charge in [-0.3, -0.25) is 9.59 Å². The first-order valence-corrected chi connectivity index (χ1v) is 19.0. The number of carbonyl (C=O) groups is 3. The molecule has 3 N–H and O–H groups in total. The summed E-state index contributed by atoms with van der Waals surface area (Å²) in [4.78, 5) is 42.5. The van der Waals surface area contributed by atoms with Gasteiger partial charge in [0.2, 0.25) is 0 Å². The van der Waals surface area contributed by atoms with Crippen LogP contribution >= 0.6 is 0 Å². The lowest BCUT2D eigenvalue weighted by Gasteiger charge is -2.49. The number of fused-ring (bicyclic) bond motifs is 1. The topological polar surface area (TPSA) is 189 Å². The van der Waals surface area contributed by atoms with Gasteiger partial charge in [-0.2, -0.15) is 0 Å². The number of nitrogens with zero attached hydrogens (tertiary/aromatic N) is 1. The van der Waals surface area contributed by atoms with Crippen LogP contribution in [0.15, 0.2) is 0 Å². The van der Waals surface area contributed by atoms with Crippen LogP contribution in [0.4, 0.5) is 4.79 Å². The van der Waals surface area contributed by atoms with E-state index in [0.717, 1.165) is 0 Å². The lowest BCUT2D eigenvalue weighted by atomic mass is 9.74. The minimum absolute atomic E-state index is 0.0975. The smallest absolute Gasteiger partial charge is 0.410 e. The fourth-order valence-electron chi connectivity index (χ4n) is 8.90. The van der Waals surface area contributed by atoms with Crippen molar-refractivity contribution in [3.63, 3.8) is 0 Å². The Morgan fingerprint density at radius 3 is 2.06 bits per heavy atom. The van der Waals surface area contributed by atoms with Gasteiger partial charge in [0.1, 0.15) is 23.6 Å². The van der Waals surface area contributed by atoms with Gasteiger partial charge < -0.3 is 58.1 Å². The number of cyclic esters (lactones) is 1. The van der Waals surface area contributed by atoms with Crippen LogP contribution in [0.1, 0.15) is 94.9 Å². The van der Waals surface area contributed by atoms with E-state index < -0.39 is 108 Å². The quantitative estimate of drug-likeness (QED) is 0.322. The molecule has 0 spiro atoms. The molecule has 4 fully saturated rings. The number of amides is 1. The van der Waals surface area contributed by atoms with Crippen molar-refractivity contribution in [3.8, 4) is 0 Å². The van der Waals surface area contributed by atoms with Crippen molar-refractivity contribution in [2.24, 2.45) is 23.7 Å². The van der Waals surface area contributed by atoms with Gasteiger partial charge in [0.05, 0.1) is 53.7 Å². The number of aliphatic hydroxyl groups excluding tert-OH is 2. The number of ketones is 1. The number of ether oxygens (including phenoxy) is 8. The SMILES string of the molecule is CC[C@H]1OC(=O)[C@H](C)[C@@H](O[C@H]2C[C@@](C)(OC)[C@@H](O)[C@H](C)O2)[C@H](C)[C@@H](O[C@@H]2O[C@H](C)C[C@H]3[C@H]2OC(=O)N3C)[C@](C)(OC)C[C@@H](C)C(=O)[C@H](C)[C@@H](O)[C@]1(C)O. The number of esters is 1. The Kier molecular flexibility index (Phi) is 13.7. The summed E-state index contributed by atoms with van der Waals surface area (Å²) in [6, 6.07) is -0.323. The van der Waals surface area contributed by atoms with Crippen LogP contribution in [0.3, 0.4) is 0 Å². The molecule has 4 heterocycles. The highest BCUT2D eigenvalue weighted by Crippen LogP contribution is 2.42. The third-order valence-electron chi connectivity index (χ3n) is 12.6. The van der Waals surface area contributed by atoms with Gasteiger partial charge in [0.15, 0.2) is 18.7 Å². The lowest BCUT2D eigenvalue weighted by Crippen LogP contribution is -2.61. The van der Waals surface area contributed by atoms with Gasteiger partial charge in [-0.15, -0.1) is 0 Å². The monoisotopic (exact) mass is 759 g/mol. The molecule has 4 saturated heterocycles. The third kappa shape index (κ3) is 8.58. The number of likely N-dealkylation sites (N-methyl/N-ethyl adjacent to an activating group) is 1. The van der Waals surface area contributed by atoms with Gasteiger partial charge in [0, 0.05) is 45.4 Å². The van der Waals surface area contributed by atoms with Crippen LogP contribution in [-0.2, 0) is 47.5 Å². The van der Waals surface area contributed by atoms with E-state index >= 15 is 0 Å². The predicted octanol–water partition coefficient (Wildman–Crippen LogP) is 2.97. The Morgan fingerprint density at radius 2 is 1.47 bits per heavy atom. The molecule has 18 atom stereocenters. The first-order valence-electron chi connectivity index (χ1n) is 19.0. The van der Waals surface area contributed by atoms with Crippen LogP contribution < -0.4 is 0 Å². The van der Waals surface area contributed by atoms with Crippen molar-refractivity contribution in [1.82, 2.24) is 4.90 Å². The molecule has 15 heteroatoms. The number of aliphatic hydroxyl groups is 3. The molecule has 0 radical (unpaired) electrons. The molecule has 0 saturated carbocycles. The second-order valence-electron chi connectivity index (χ2n) is 16.6. The van der Waals surface area contributed by atoms with Gasteiger partial charge in [-0.1, -0.05) is 27.7 Å². The van der Waals surface area contributed by atoms with Crippen molar-refractivity contribution < 1.29 is 67.6 Å². The molecule has 53 heavy (non-hydrogen) atoms. The molecule has 0 aromatic carbocycles. The Hall–Kier alpha value is -1.95. The lowest BCUT2D eigenvalue weighted by molar-refractivity contribution is -0.315. The number of rotatable bonds is 7. The van der Waals surface area contributed by atoms with E-state index in [-0.39, 0.29) is 37.2 Å². The number of Topliss-reactive ketones (excluding diaryl/α,β-unsaturated/α-hetero) is 1. The Bertz CT molecular complexity index is 1300. The Balaban J connectivity index is 1.86. The zero-order valence-electron chi connectivity index (χ0n) is 33.8. The minimum atomic E-state index is -1.98. The predicted molar refractivity (Wildman–Crippen MR) is 189 cm³/mol. The minimum Gasteiger partial charge on any atom is -0.459 e. The summed E-state index contributed by atoms with van der Waals surface area (Å²) < 4.78 is 49.9. The zero-order valence-corrected chi connectivity index (χ0v) is 33.8. The van der Waals surface area contributed by atoms with E-state index in [1.54, 1.807) is 55.5 Å². The van der Waals surface area contributed by atoms with Crippen LogP contribution in [0.5, 0.6) is 0 Å². The van der Waals surface area contributed by atoms with E-state index in [1.165, 1.54) is 26.0 Å². The summed E-state index contributed by atoms with van der Waals surface area (Å²) >= 11 is 0. The maximum absolute atomic E-state index is 14.2. The molecular formula is C38H65NO14.